The number of hydrogen-bond donors (Lipinski definition) is 0. The first kappa shape index (κ1) is 20.9. The van der Waals surface area contributed by atoms with Gasteiger partial charge in [-0.3, -0.25) is 4.90 Å². The molecular weight excluding hydrogens is 354 g/mol. The molecule has 0 radical (unpaired) electrons. The molecule has 3 aromatic carbocycles. The summed E-state index contributed by atoms with van der Waals surface area (Å²) in [7, 11) is 4.04. The molecular formula is C27H31NO. The summed E-state index contributed by atoms with van der Waals surface area (Å²) in [5.74, 6) is 0.892. The molecule has 0 heterocycles. The highest BCUT2D eigenvalue weighted by Crippen LogP contribution is 2.31. The van der Waals surface area contributed by atoms with Gasteiger partial charge in [0.1, 0.15) is 12.0 Å². The quantitative estimate of drug-likeness (QED) is 0.414. The Morgan fingerprint density at radius 1 is 0.793 bits per heavy atom. The van der Waals surface area contributed by atoms with E-state index in [9.17, 15) is 0 Å². The Kier molecular flexibility index (Phi) is 7.26. The predicted molar refractivity (Wildman–Crippen MR) is 123 cm³/mol. The lowest BCUT2D eigenvalue weighted by molar-refractivity contribution is 0.0815. The van der Waals surface area contributed by atoms with Crippen molar-refractivity contribution in [1.82, 2.24) is 4.90 Å². The average molecular weight is 386 g/mol. The van der Waals surface area contributed by atoms with Crippen LogP contribution >= 0.6 is 0 Å². The number of allylic oxidation sites excluding steroid dienone is 1. The zero-order chi connectivity index (χ0) is 20.6. The molecule has 1 unspecified atom stereocenters. The summed E-state index contributed by atoms with van der Waals surface area (Å²) in [6, 6.07) is 29.9. The van der Waals surface area contributed by atoms with Crippen molar-refractivity contribution in [3.8, 4) is 5.75 Å². The van der Waals surface area contributed by atoms with Crippen molar-refractivity contribution >= 4 is 5.57 Å². The van der Waals surface area contributed by atoms with Crippen LogP contribution in [-0.4, -0.2) is 25.2 Å². The van der Waals surface area contributed by atoms with Crippen molar-refractivity contribution in [1.29, 1.82) is 0 Å². The van der Waals surface area contributed by atoms with E-state index in [4.69, 9.17) is 4.74 Å². The molecule has 2 nitrogen and oxygen atoms in total. The third kappa shape index (κ3) is 5.58. The van der Waals surface area contributed by atoms with Crippen molar-refractivity contribution < 1.29 is 4.74 Å². The Bertz CT molecular complexity index is 912. The van der Waals surface area contributed by atoms with E-state index >= 15 is 0 Å². The molecule has 29 heavy (non-hydrogen) atoms. The molecule has 0 saturated heterocycles. The molecule has 0 aliphatic heterocycles. The number of nitrogens with zero attached hydrogens (tertiary/aromatic N) is 1. The minimum Gasteiger partial charge on any atom is -0.475 e. The maximum absolute atomic E-state index is 6.01. The van der Waals surface area contributed by atoms with Crippen LogP contribution in [-0.2, 0) is 6.42 Å². The number of ether oxygens (including phenoxy) is 1. The molecule has 3 rings (SSSR count). The lowest BCUT2D eigenvalue weighted by atomic mass is 9.88. The summed E-state index contributed by atoms with van der Waals surface area (Å²) in [6.07, 6.45) is 2.00. The molecule has 0 spiro atoms. The molecule has 2 heteroatoms. The topological polar surface area (TPSA) is 12.5 Å². The highest BCUT2D eigenvalue weighted by Gasteiger charge is 2.13. The summed E-state index contributed by atoms with van der Waals surface area (Å²) in [4.78, 5) is 2.05. The standard InChI is InChI=1S/C27H31NO/c1-5-23(20-22-12-8-6-9-13-22)27(24-14-10-7-11-15-24)25-16-18-26(19-17-25)29-21(2)28(3)4/h6-19,21H,5,20H2,1-4H3. The van der Waals surface area contributed by atoms with E-state index < -0.39 is 0 Å². The van der Waals surface area contributed by atoms with Gasteiger partial charge in [-0.15, -0.1) is 0 Å². The zero-order valence-electron chi connectivity index (χ0n) is 17.9. The van der Waals surface area contributed by atoms with E-state index in [1.165, 1.54) is 27.8 Å². The van der Waals surface area contributed by atoms with E-state index in [1.807, 2.05) is 14.1 Å². The summed E-state index contributed by atoms with van der Waals surface area (Å²) in [5.41, 5.74) is 6.60. The second-order valence-corrected chi connectivity index (χ2v) is 7.57. The predicted octanol–water partition coefficient (Wildman–Crippen LogP) is 6.43. The van der Waals surface area contributed by atoms with Gasteiger partial charge in [-0.2, -0.15) is 0 Å². The van der Waals surface area contributed by atoms with E-state index in [2.05, 4.69) is 104 Å². The van der Waals surface area contributed by atoms with Crippen LogP contribution in [0.1, 0.15) is 37.0 Å². The second kappa shape index (κ2) is 10.1. The van der Waals surface area contributed by atoms with Crippen molar-refractivity contribution in [2.75, 3.05) is 14.1 Å². The second-order valence-electron chi connectivity index (χ2n) is 7.57. The van der Waals surface area contributed by atoms with Crippen molar-refractivity contribution in [2.45, 2.75) is 32.9 Å². The van der Waals surface area contributed by atoms with Gasteiger partial charge in [0.2, 0.25) is 0 Å². The molecule has 0 fully saturated rings. The van der Waals surface area contributed by atoms with Crippen LogP contribution in [0.25, 0.3) is 5.57 Å². The summed E-state index contributed by atoms with van der Waals surface area (Å²) >= 11 is 0. The Morgan fingerprint density at radius 3 is 1.90 bits per heavy atom. The fourth-order valence-corrected chi connectivity index (χ4v) is 3.41. The summed E-state index contributed by atoms with van der Waals surface area (Å²) in [5, 5.41) is 0. The third-order valence-electron chi connectivity index (χ3n) is 5.28. The monoisotopic (exact) mass is 385 g/mol. The Hall–Kier alpha value is -2.84. The number of hydrogen-bond acceptors (Lipinski definition) is 2. The fraction of sp³-hybridized carbons (Fsp3) is 0.259. The third-order valence-corrected chi connectivity index (χ3v) is 5.28. The largest absolute Gasteiger partial charge is 0.475 e. The Balaban J connectivity index is 1.99. The molecule has 0 amide bonds. The molecule has 3 aromatic rings. The van der Waals surface area contributed by atoms with E-state index in [0.717, 1.165) is 18.6 Å². The minimum absolute atomic E-state index is 0.0364. The van der Waals surface area contributed by atoms with Gasteiger partial charge in [0.25, 0.3) is 0 Å². The summed E-state index contributed by atoms with van der Waals surface area (Å²) in [6.45, 7) is 4.30. The first-order valence-corrected chi connectivity index (χ1v) is 10.3. The normalized spacial score (nSPS) is 13.1. The van der Waals surface area contributed by atoms with Crippen LogP contribution in [0, 0.1) is 0 Å². The maximum atomic E-state index is 6.01. The highest BCUT2D eigenvalue weighted by molar-refractivity contribution is 5.82. The molecule has 0 N–H and O–H groups in total. The van der Waals surface area contributed by atoms with E-state index in [0.29, 0.717) is 0 Å². The van der Waals surface area contributed by atoms with Gasteiger partial charge in [0, 0.05) is 0 Å². The van der Waals surface area contributed by atoms with Gasteiger partial charge in [-0.1, -0.05) is 85.3 Å². The summed E-state index contributed by atoms with van der Waals surface area (Å²) < 4.78 is 6.01. The molecule has 0 aliphatic carbocycles. The molecule has 1 atom stereocenters. The molecule has 0 aromatic heterocycles. The van der Waals surface area contributed by atoms with Gasteiger partial charge in [-0.25, -0.2) is 0 Å². The number of benzene rings is 3. The minimum atomic E-state index is 0.0364. The van der Waals surface area contributed by atoms with Crippen molar-refractivity contribution in [2.24, 2.45) is 0 Å². The van der Waals surface area contributed by atoms with Crippen LogP contribution in [0.3, 0.4) is 0 Å². The maximum Gasteiger partial charge on any atom is 0.149 e. The van der Waals surface area contributed by atoms with Gasteiger partial charge in [0.05, 0.1) is 0 Å². The Labute approximate surface area is 175 Å². The first-order valence-electron chi connectivity index (χ1n) is 10.3. The van der Waals surface area contributed by atoms with Gasteiger partial charge in [0.15, 0.2) is 0 Å². The SMILES string of the molecule is CCC(Cc1ccccc1)=C(c1ccccc1)c1ccc(OC(C)N(C)C)cc1. The molecule has 0 saturated carbocycles. The number of rotatable bonds is 8. The smallest absolute Gasteiger partial charge is 0.149 e. The van der Waals surface area contributed by atoms with E-state index in [-0.39, 0.29) is 6.23 Å². The van der Waals surface area contributed by atoms with Gasteiger partial charge < -0.3 is 4.74 Å². The average Bonchev–Trinajstić information content (AvgIpc) is 2.75. The fourth-order valence-electron chi connectivity index (χ4n) is 3.41. The van der Waals surface area contributed by atoms with Crippen LogP contribution in [0.5, 0.6) is 5.75 Å². The van der Waals surface area contributed by atoms with Gasteiger partial charge >= 0.3 is 0 Å². The van der Waals surface area contributed by atoms with Crippen LogP contribution in [0.15, 0.2) is 90.5 Å². The van der Waals surface area contributed by atoms with Crippen molar-refractivity contribution in [3.05, 3.63) is 107 Å². The zero-order valence-corrected chi connectivity index (χ0v) is 17.9. The lowest BCUT2D eigenvalue weighted by Gasteiger charge is -2.21. The lowest BCUT2D eigenvalue weighted by Crippen LogP contribution is -2.30. The Morgan fingerprint density at radius 2 is 1.34 bits per heavy atom. The van der Waals surface area contributed by atoms with E-state index in [1.54, 1.807) is 0 Å². The van der Waals surface area contributed by atoms with Crippen LogP contribution < -0.4 is 4.74 Å². The first-order chi connectivity index (χ1) is 14.1. The van der Waals surface area contributed by atoms with Crippen molar-refractivity contribution in [3.63, 3.8) is 0 Å². The highest BCUT2D eigenvalue weighted by atomic mass is 16.5. The molecule has 0 bridgehead atoms. The van der Waals surface area contributed by atoms with Gasteiger partial charge in [-0.05, 0) is 68.3 Å². The molecule has 150 valence electrons. The van der Waals surface area contributed by atoms with Crippen LogP contribution in [0.2, 0.25) is 0 Å². The molecule has 0 aliphatic rings. The van der Waals surface area contributed by atoms with Crippen LogP contribution in [0.4, 0.5) is 0 Å².